The van der Waals surface area contributed by atoms with E-state index in [1.165, 1.54) is 21.1 Å². The molecule has 1 radical (unpaired) electrons. The third-order valence-electron chi connectivity index (χ3n) is 2.22. The second-order valence-corrected chi connectivity index (χ2v) is 2.84. The molecule has 0 bridgehead atoms. The van der Waals surface area contributed by atoms with Gasteiger partial charge in [0.05, 0.1) is 5.97 Å². The van der Waals surface area contributed by atoms with Crippen LogP contribution in [0.25, 0.3) is 0 Å². The Morgan fingerprint density at radius 2 is 1.69 bits per heavy atom. The number of carbonyl (C=O) groups is 2. The number of hydrogen-bond donors (Lipinski definition) is 0. The number of carboxylic acid groups (broad SMARTS) is 1. The second-order valence-electron chi connectivity index (χ2n) is 2.84. The molecule has 0 amide bonds. The predicted octanol–water partition coefficient (Wildman–Crippen LogP) is -1.28. The fourth-order valence-electron chi connectivity index (χ4n) is 1.25. The van der Waals surface area contributed by atoms with Crippen LogP contribution in [0.1, 0.15) is 13.3 Å². The van der Waals surface area contributed by atoms with Gasteiger partial charge < -0.3 is 24.1 Å². The molecule has 0 saturated heterocycles. The van der Waals surface area contributed by atoms with Gasteiger partial charge in [-0.3, -0.25) is 4.79 Å². The van der Waals surface area contributed by atoms with Gasteiger partial charge in [0.25, 0.3) is 0 Å². The number of rotatable bonds is 7. The maximum atomic E-state index is 11.7. The van der Waals surface area contributed by atoms with Crippen LogP contribution in [0, 0.1) is 0 Å². The summed E-state index contributed by atoms with van der Waals surface area (Å²) in [7, 11) is 3.59. The monoisotopic (exact) mass is 267 g/mol. The number of ether oxygens (including phenoxy) is 3. The first kappa shape index (κ1) is 18.1. The van der Waals surface area contributed by atoms with Gasteiger partial charge in [0.1, 0.15) is 0 Å². The molecule has 0 rings (SSSR count). The minimum absolute atomic E-state index is 0. The fraction of sp³-hybridized carbons (Fsp3) is 0.778. The summed E-state index contributed by atoms with van der Waals surface area (Å²) >= 11 is 0. The second kappa shape index (κ2) is 7.92. The third kappa shape index (κ3) is 3.36. The summed E-state index contributed by atoms with van der Waals surface area (Å²) in [4.78, 5) is 22.6. The summed E-state index contributed by atoms with van der Waals surface area (Å²) in [5.41, 5.74) is -2.02. The first-order chi connectivity index (χ1) is 6.99. The molecule has 91 valence electrons. The zero-order valence-corrected chi connectivity index (χ0v) is 11.3. The van der Waals surface area contributed by atoms with Crippen molar-refractivity contribution in [3.63, 3.8) is 0 Å². The van der Waals surface area contributed by atoms with Crippen molar-refractivity contribution < 1.29 is 50.6 Å². The molecule has 1 atom stereocenters. The van der Waals surface area contributed by atoms with Crippen molar-refractivity contribution >= 4 is 11.8 Å². The Morgan fingerprint density at radius 3 is 1.88 bits per heavy atom. The fourth-order valence-corrected chi connectivity index (χ4v) is 1.25. The van der Waals surface area contributed by atoms with E-state index in [9.17, 15) is 14.7 Å². The summed E-state index contributed by atoms with van der Waals surface area (Å²) in [6.07, 6.45) is -1.34. The van der Waals surface area contributed by atoms with E-state index >= 15 is 0 Å². The minimum atomic E-state index is -2.02. The molecule has 0 spiro atoms. The molecule has 6 nitrogen and oxygen atoms in total. The molecule has 0 aromatic carbocycles. The van der Waals surface area contributed by atoms with Crippen LogP contribution in [0.5, 0.6) is 0 Å². The van der Waals surface area contributed by atoms with Crippen LogP contribution in [0.15, 0.2) is 0 Å². The SMILES string of the molecule is CCC(OC)(C(=O)[O-])C(=O)C(OC)OC.[Ti+]. The molecule has 0 aliphatic carbocycles. The van der Waals surface area contributed by atoms with Gasteiger partial charge in [-0.1, -0.05) is 6.92 Å². The van der Waals surface area contributed by atoms with Gasteiger partial charge in [-0.05, 0) is 6.42 Å². The largest absolute Gasteiger partial charge is 1.00 e. The standard InChI is InChI=1S/C9H16O6.Ti/c1-5-9(15-4,8(11)12)6(10)7(13-2)14-3;/h7H,5H2,1-4H3,(H,11,12);/q;+1/p-1. The van der Waals surface area contributed by atoms with Crippen LogP contribution in [0.4, 0.5) is 0 Å². The minimum Gasteiger partial charge on any atom is -0.546 e. The van der Waals surface area contributed by atoms with Crippen molar-refractivity contribution in [3.05, 3.63) is 0 Å². The van der Waals surface area contributed by atoms with Crippen molar-refractivity contribution in [1.82, 2.24) is 0 Å². The Labute approximate surface area is 109 Å². The zero-order chi connectivity index (χ0) is 12.1. The molecule has 0 saturated carbocycles. The van der Waals surface area contributed by atoms with Crippen LogP contribution in [-0.2, 0) is 45.5 Å². The van der Waals surface area contributed by atoms with Crippen LogP contribution in [-0.4, -0.2) is 45.0 Å². The number of methoxy groups -OCH3 is 3. The van der Waals surface area contributed by atoms with Gasteiger partial charge in [0, 0.05) is 21.3 Å². The van der Waals surface area contributed by atoms with Gasteiger partial charge in [-0.25, -0.2) is 0 Å². The van der Waals surface area contributed by atoms with Gasteiger partial charge in [-0.2, -0.15) is 0 Å². The number of hydrogen-bond acceptors (Lipinski definition) is 6. The molecular formula is C9H15O6Ti. The Bertz CT molecular complexity index is 234. The van der Waals surface area contributed by atoms with E-state index < -0.39 is 23.6 Å². The number of aliphatic carboxylic acids is 1. The van der Waals surface area contributed by atoms with E-state index in [4.69, 9.17) is 4.74 Å². The zero-order valence-electron chi connectivity index (χ0n) is 9.73. The molecule has 7 heteroatoms. The molecule has 16 heavy (non-hydrogen) atoms. The van der Waals surface area contributed by atoms with Crippen molar-refractivity contribution in [3.8, 4) is 0 Å². The van der Waals surface area contributed by atoms with Crippen LogP contribution in [0.3, 0.4) is 0 Å². The van der Waals surface area contributed by atoms with Gasteiger partial charge >= 0.3 is 21.7 Å². The van der Waals surface area contributed by atoms with Gasteiger partial charge in [-0.15, -0.1) is 0 Å². The molecular weight excluding hydrogens is 252 g/mol. The molecule has 0 aliphatic heterocycles. The van der Waals surface area contributed by atoms with Gasteiger partial charge in [0.2, 0.25) is 12.1 Å². The van der Waals surface area contributed by atoms with Crippen molar-refractivity contribution in [2.24, 2.45) is 0 Å². The summed E-state index contributed by atoms with van der Waals surface area (Å²) < 4.78 is 14.1. The molecule has 0 heterocycles. The van der Waals surface area contributed by atoms with Crippen molar-refractivity contribution in [1.29, 1.82) is 0 Å². The maximum Gasteiger partial charge on any atom is 1.00 e. The average Bonchev–Trinajstić information content (AvgIpc) is 2.22. The molecule has 0 aliphatic rings. The first-order valence-electron chi connectivity index (χ1n) is 4.36. The van der Waals surface area contributed by atoms with E-state index in [1.807, 2.05) is 0 Å². The van der Waals surface area contributed by atoms with Crippen molar-refractivity contribution in [2.45, 2.75) is 25.2 Å². The summed E-state index contributed by atoms with van der Waals surface area (Å²) in [5, 5.41) is 10.9. The molecule has 0 aromatic heterocycles. The number of Topliss-reactive ketones (excluding diaryl/α,β-unsaturated/α-hetero) is 1. The topological polar surface area (TPSA) is 84.9 Å². The van der Waals surface area contributed by atoms with E-state index in [0.29, 0.717) is 0 Å². The van der Waals surface area contributed by atoms with Crippen molar-refractivity contribution in [2.75, 3.05) is 21.3 Å². The Hall–Kier alpha value is -0.266. The van der Waals surface area contributed by atoms with E-state index in [0.717, 1.165) is 7.11 Å². The molecule has 1 unspecified atom stereocenters. The normalized spacial score (nSPS) is 14.1. The van der Waals surface area contributed by atoms with E-state index in [1.54, 1.807) is 0 Å². The third-order valence-corrected chi connectivity index (χ3v) is 2.22. The quantitative estimate of drug-likeness (QED) is 0.324. The number of carboxylic acids is 1. The summed E-state index contributed by atoms with van der Waals surface area (Å²) in [6.45, 7) is 1.50. The first-order valence-corrected chi connectivity index (χ1v) is 4.36. The summed E-state index contributed by atoms with van der Waals surface area (Å²) in [6, 6.07) is 0. The molecule has 0 aromatic rings. The average molecular weight is 267 g/mol. The summed E-state index contributed by atoms with van der Waals surface area (Å²) in [5.74, 6) is -2.42. The van der Waals surface area contributed by atoms with Gasteiger partial charge in [0.15, 0.2) is 5.60 Å². The molecule has 0 N–H and O–H groups in total. The predicted molar refractivity (Wildman–Crippen MR) is 47.9 cm³/mol. The molecule has 0 fully saturated rings. The van der Waals surface area contributed by atoms with Crippen LogP contribution in [0.2, 0.25) is 0 Å². The van der Waals surface area contributed by atoms with Crippen LogP contribution >= 0.6 is 0 Å². The Balaban J connectivity index is 0. The smallest absolute Gasteiger partial charge is 0.546 e. The number of ketones is 1. The van der Waals surface area contributed by atoms with Crippen LogP contribution < -0.4 is 5.11 Å². The number of carbonyl (C=O) groups excluding carboxylic acids is 2. The Kier molecular flexibility index (Phi) is 8.96. The Morgan fingerprint density at radius 1 is 1.25 bits per heavy atom. The maximum absolute atomic E-state index is 11.7. The van der Waals surface area contributed by atoms with E-state index in [-0.39, 0.29) is 28.1 Å². The van der Waals surface area contributed by atoms with E-state index in [2.05, 4.69) is 9.47 Å².